The Morgan fingerprint density at radius 2 is 2.31 bits per heavy atom. The second-order valence-corrected chi connectivity index (χ2v) is 2.79. The predicted octanol–water partition coefficient (Wildman–Crippen LogP) is 0.0672. The fourth-order valence-electron chi connectivity index (χ4n) is 1.15. The minimum absolute atomic E-state index is 0.381. The van der Waals surface area contributed by atoms with Crippen LogP contribution < -0.4 is 5.73 Å². The van der Waals surface area contributed by atoms with Gasteiger partial charge in [0.05, 0.1) is 11.9 Å². The van der Waals surface area contributed by atoms with Crippen LogP contribution in [0, 0.1) is 0 Å². The van der Waals surface area contributed by atoms with Gasteiger partial charge in [0.15, 0.2) is 5.65 Å². The maximum Gasteiger partial charge on any atom is 0.250 e. The zero-order valence-electron chi connectivity index (χ0n) is 7.06. The van der Waals surface area contributed by atoms with E-state index in [1.54, 1.807) is 17.0 Å². The molecule has 0 fully saturated rings. The van der Waals surface area contributed by atoms with Gasteiger partial charge in [-0.15, -0.1) is 0 Å². The third-order valence-electron chi connectivity index (χ3n) is 1.84. The number of carbonyl (C=O) groups is 1. The minimum atomic E-state index is -0.486. The molecule has 2 aromatic rings. The maximum absolute atomic E-state index is 10.8. The van der Waals surface area contributed by atoms with Crippen LogP contribution in [0.1, 0.15) is 10.4 Å². The van der Waals surface area contributed by atoms with E-state index in [1.165, 1.54) is 6.20 Å². The molecule has 66 valence electrons. The van der Waals surface area contributed by atoms with E-state index in [-0.39, 0.29) is 0 Å². The van der Waals surface area contributed by atoms with Gasteiger partial charge in [-0.25, -0.2) is 9.97 Å². The topological polar surface area (TPSA) is 73.8 Å². The van der Waals surface area contributed by atoms with Gasteiger partial charge in [-0.3, -0.25) is 4.79 Å². The summed E-state index contributed by atoms with van der Waals surface area (Å²) in [7, 11) is 1.84. The molecule has 2 N–H and O–H groups in total. The van der Waals surface area contributed by atoms with Gasteiger partial charge < -0.3 is 10.3 Å². The second kappa shape index (κ2) is 2.55. The number of amides is 1. The van der Waals surface area contributed by atoms with E-state index in [1.807, 2.05) is 7.05 Å². The monoisotopic (exact) mass is 176 g/mol. The van der Waals surface area contributed by atoms with Crippen molar-refractivity contribution in [2.24, 2.45) is 12.8 Å². The molecule has 0 saturated heterocycles. The number of hydrogen-bond acceptors (Lipinski definition) is 3. The molecule has 2 rings (SSSR count). The van der Waals surface area contributed by atoms with E-state index in [2.05, 4.69) is 9.97 Å². The van der Waals surface area contributed by atoms with E-state index in [0.717, 1.165) is 5.65 Å². The Kier molecular flexibility index (Phi) is 1.51. The lowest BCUT2D eigenvalue weighted by molar-refractivity contribution is 0.1000. The lowest BCUT2D eigenvalue weighted by atomic mass is 10.2. The first-order valence-corrected chi connectivity index (χ1v) is 3.75. The van der Waals surface area contributed by atoms with Crippen molar-refractivity contribution in [3.8, 4) is 0 Å². The highest BCUT2D eigenvalue weighted by Crippen LogP contribution is 2.09. The molecule has 0 atom stereocenters. The first-order valence-electron chi connectivity index (χ1n) is 3.75. The number of rotatable bonds is 1. The number of fused-ring (bicyclic) bond motifs is 1. The summed E-state index contributed by atoms with van der Waals surface area (Å²) in [5, 5.41) is 0. The number of carbonyl (C=O) groups excluding carboxylic acids is 1. The summed E-state index contributed by atoms with van der Waals surface area (Å²) in [6.07, 6.45) is 3.09. The van der Waals surface area contributed by atoms with Crippen molar-refractivity contribution in [1.82, 2.24) is 14.5 Å². The normalized spacial score (nSPS) is 10.5. The highest BCUT2D eigenvalue weighted by atomic mass is 16.1. The Balaban J connectivity index is 2.70. The highest BCUT2D eigenvalue weighted by Gasteiger charge is 2.05. The molecule has 2 heterocycles. The molecule has 0 aliphatic rings. The van der Waals surface area contributed by atoms with Crippen LogP contribution in [0.25, 0.3) is 11.2 Å². The van der Waals surface area contributed by atoms with Crippen LogP contribution in [-0.2, 0) is 7.05 Å². The molecule has 0 aliphatic heterocycles. The lowest BCUT2D eigenvalue weighted by Gasteiger charge is -1.95. The molecular formula is C8H8N4O. The molecule has 0 aromatic carbocycles. The standard InChI is InChI=1S/C8H8N4O/c1-12-4-11-6-2-5(7(9)13)3-10-8(6)12/h2-4H,1H3,(H2,9,13). The van der Waals surface area contributed by atoms with Crippen LogP contribution in [0.2, 0.25) is 0 Å². The van der Waals surface area contributed by atoms with Crippen molar-refractivity contribution in [2.45, 2.75) is 0 Å². The van der Waals surface area contributed by atoms with Gasteiger partial charge in [0.2, 0.25) is 5.91 Å². The van der Waals surface area contributed by atoms with Crippen LogP contribution in [0.3, 0.4) is 0 Å². The number of nitrogens with two attached hydrogens (primary N) is 1. The SMILES string of the molecule is Cn1cnc2cc(C(N)=O)cnc21. The number of hydrogen-bond donors (Lipinski definition) is 1. The summed E-state index contributed by atoms with van der Waals surface area (Å²) < 4.78 is 1.78. The molecule has 0 unspecified atom stereocenters. The average molecular weight is 176 g/mol. The molecule has 2 aromatic heterocycles. The number of primary amides is 1. The third kappa shape index (κ3) is 1.14. The van der Waals surface area contributed by atoms with Crippen molar-refractivity contribution in [3.05, 3.63) is 24.2 Å². The molecule has 13 heavy (non-hydrogen) atoms. The second-order valence-electron chi connectivity index (χ2n) is 2.79. The van der Waals surface area contributed by atoms with Crippen LogP contribution in [0.5, 0.6) is 0 Å². The van der Waals surface area contributed by atoms with Crippen molar-refractivity contribution in [2.75, 3.05) is 0 Å². The first kappa shape index (κ1) is 7.72. The van der Waals surface area contributed by atoms with Crippen LogP contribution in [-0.4, -0.2) is 20.4 Å². The number of pyridine rings is 1. The largest absolute Gasteiger partial charge is 0.366 e. The maximum atomic E-state index is 10.8. The average Bonchev–Trinajstić information content (AvgIpc) is 2.47. The van der Waals surface area contributed by atoms with Gasteiger partial charge in [0.25, 0.3) is 0 Å². The Morgan fingerprint density at radius 1 is 1.54 bits per heavy atom. The summed E-state index contributed by atoms with van der Waals surface area (Å²) >= 11 is 0. The van der Waals surface area contributed by atoms with E-state index in [4.69, 9.17) is 5.73 Å². The smallest absolute Gasteiger partial charge is 0.250 e. The van der Waals surface area contributed by atoms with Gasteiger partial charge in [-0.05, 0) is 6.07 Å². The summed E-state index contributed by atoms with van der Waals surface area (Å²) in [5.41, 5.74) is 6.90. The Labute approximate surface area is 74.2 Å². The Bertz CT molecular complexity index is 474. The summed E-state index contributed by atoms with van der Waals surface area (Å²) in [6, 6.07) is 1.63. The van der Waals surface area contributed by atoms with Crippen LogP contribution >= 0.6 is 0 Å². The predicted molar refractivity (Wildman–Crippen MR) is 47.0 cm³/mol. The van der Waals surface area contributed by atoms with Gasteiger partial charge in [-0.1, -0.05) is 0 Å². The highest BCUT2D eigenvalue weighted by molar-refractivity contribution is 5.95. The van der Waals surface area contributed by atoms with Crippen molar-refractivity contribution in [1.29, 1.82) is 0 Å². The number of aromatic nitrogens is 3. The van der Waals surface area contributed by atoms with Crippen LogP contribution in [0.4, 0.5) is 0 Å². The lowest BCUT2D eigenvalue weighted by Crippen LogP contribution is -2.11. The molecule has 0 spiro atoms. The zero-order chi connectivity index (χ0) is 9.42. The fraction of sp³-hybridized carbons (Fsp3) is 0.125. The Morgan fingerprint density at radius 3 is 3.00 bits per heavy atom. The molecule has 0 radical (unpaired) electrons. The third-order valence-corrected chi connectivity index (χ3v) is 1.84. The quantitative estimate of drug-likeness (QED) is 0.668. The number of nitrogens with zero attached hydrogens (tertiary/aromatic N) is 3. The summed E-state index contributed by atoms with van der Waals surface area (Å²) in [4.78, 5) is 18.9. The molecule has 5 heteroatoms. The minimum Gasteiger partial charge on any atom is -0.366 e. The number of imidazole rings is 1. The molecule has 0 bridgehead atoms. The molecule has 0 saturated carbocycles. The van der Waals surface area contributed by atoms with E-state index in [9.17, 15) is 4.79 Å². The molecule has 1 amide bonds. The molecular weight excluding hydrogens is 168 g/mol. The van der Waals surface area contributed by atoms with Gasteiger partial charge in [0.1, 0.15) is 5.52 Å². The molecule has 0 aliphatic carbocycles. The molecule has 5 nitrogen and oxygen atoms in total. The first-order chi connectivity index (χ1) is 6.18. The van der Waals surface area contributed by atoms with Gasteiger partial charge >= 0.3 is 0 Å². The van der Waals surface area contributed by atoms with Crippen molar-refractivity contribution in [3.63, 3.8) is 0 Å². The van der Waals surface area contributed by atoms with E-state index >= 15 is 0 Å². The van der Waals surface area contributed by atoms with Crippen molar-refractivity contribution < 1.29 is 4.79 Å². The van der Waals surface area contributed by atoms with Gasteiger partial charge in [-0.2, -0.15) is 0 Å². The fourth-order valence-corrected chi connectivity index (χ4v) is 1.15. The summed E-state index contributed by atoms with van der Waals surface area (Å²) in [6.45, 7) is 0. The number of aryl methyl sites for hydroxylation is 1. The van der Waals surface area contributed by atoms with E-state index < -0.39 is 5.91 Å². The summed E-state index contributed by atoms with van der Waals surface area (Å²) in [5.74, 6) is -0.486. The van der Waals surface area contributed by atoms with Gasteiger partial charge in [0, 0.05) is 13.2 Å². The van der Waals surface area contributed by atoms with E-state index in [0.29, 0.717) is 11.1 Å². The Hall–Kier alpha value is -1.91. The zero-order valence-corrected chi connectivity index (χ0v) is 7.06. The van der Waals surface area contributed by atoms with Crippen molar-refractivity contribution >= 4 is 17.1 Å². The van der Waals surface area contributed by atoms with Crippen LogP contribution in [0.15, 0.2) is 18.6 Å².